The number of carbonyl (C=O) groups excluding carboxylic acids is 4. The Hall–Kier alpha value is -4.90. The summed E-state index contributed by atoms with van der Waals surface area (Å²) in [5.41, 5.74) is 2.56. The fourth-order valence-corrected chi connectivity index (χ4v) is 17.6. The maximum atomic E-state index is 14.4. The summed E-state index contributed by atoms with van der Waals surface area (Å²) in [6.07, 6.45) is 24.4. The topological polar surface area (TPSA) is 132 Å². The Kier molecular flexibility index (Phi) is 21.9. The number of amides is 3. The van der Waals surface area contributed by atoms with Crippen LogP contribution in [0.1, 0.15) is 212 Å². The summed E-state index contributed by atoms with van der Waals surface area (Å²) < 4.78 is 25.4. The van der Waals surface area contributed by atoms with Crippen molar-refractivity contribution in [3.8, 4) is 5.75 Å². The number of fused-ring (bicyclic) bond motifs is 5. The van der Waals surface area contributed by atoms with Gasteiger partial charge in [-0.1, -0.05) is 172 Å². The zero-order valence-electron chi connectivity index (χ0n) is 52.0. The van der Waals surface area contributed by atoms with Gasteiger partial charge >= 0.3 is 12.1 Å². The lowest BCUT2D eigenvalue weighted by Gasteiger charge is -2.61. The van der Waals surface area contributed by atoms with Gasteiger partial charge in [-0.15, -0.1) is 0 Å². The minimum Gasteiger partial charge on any atom is -0.497 e. The molecular weight excluding hydrogens is 1030 g/mol. The van der Waals surface area contributed by atoms with Crippen LogP contribution < -0.4 is 15.4 Å². The van der Waals surface area contributed by atoms with Gasteiger partial charge in [0, 0.05) is 37.4 Å². The second-order valence-electron chi connectivity index (χ2n) is 27.9. The highest BCUT2D eigenvalue weighted by Crippen LogP contribution is 2.68. The third-order valence-corrected chi connectivity index (χ3v) is 22.2. The Morgan fingerprint density at radius 1 is 0.663 bits per heavy atom. The molecule has 0 bridgehead atoms. The number of ether oxygens (including phenoxy) is 4. The quantitative estimate of drug-likeness (QED) is 0.0515. The zero-order chi connectivity index (χ0) is 58.6. The van der Waals surface area contributed by atoms with Gasteiger partial charge in [0.1, 0.15) is 23.6 Å². The Morgan fingerprint density at radius 3 is 2.01 bits per heavy atom. The second-order valence-corrected chi connectivity index (χ2v) is 27.9. The van der Waals surface area contributed by atoms with E-state index in [1.807, 2.05) is 72.5 Å². The summed E-state index contributed by atoms with van der Waals surface area (Å²) in [7, 11) is 1.65. The number of alkyl carbamates (subject to hydrolysis) is 1. The van der Waals surface area contributed by atoms with Gasteiger partial charge in [0.2, 0.25) is 11.8 Å². The van der Waals surface area contributed by atoms with Gasteiger partial charge in [-0.05, 0) is 165 Å². The van der Waals surface area contributed by atoms with Crippen molar-refractivity contribution in [1.29, 1.82) is 0 Å². The number of carbonyl (C=O) groups is 4. The number of nitrogens with zero attached hydrogens (tertiary/aromatic N) is 1. The standard InChI is InChI=1S/C72H105N3O8/c1-50(2)22-21-24-51(3)62-37-38-63-61-36-33-57-46-60(41-43-70(57,5)64(61)42-44-71(62,63)6)82-69(79)73-45-20-19-23-52(4)68(78)75-47-53(65(48-75)83-67(77)40-39-66(76)74-58-29-17-9-8-10-18-30-58)49-81-72(54-25-13-11-14-26-54,55-27-15-12-16-28-55)56-31-34-59(80-7)35-32-56/h11-16,25-28,31-32,34-35,50-53,57-58,60-65H,8-10,17-24,29-30,33,36-49H2,1-7H3,(H,73,79)(H,74,76)/t51?,52?,53?,57?,60?,61?,62?,63?,64?,65?,70-,71+/m0/s1. The van der Waals surface area contributed by atoms with Crippen LogP contribution in [0.25, 0.3) is 0 Å². The summed E-state index contributed by atoms with van der Waals surface area (Å²) >= 11 is 0. The van der Waals surface area contributed by atoms with Crippen LogP contribution in [0.2, 0.25) is 0 Å². The SMILES string of the molecule is COc1ccc(C(OCC2CN(C(=O)C(C)CCCCNC(=O)OC3CC[C@@]4(C)C(CCC5C6CCC(C(C)CCCC(C)C)[C@@]6(C)CCC54)C3)CC2OC(=O)CCC(=O)NC2CCCCCCC2)(c2ccccc2)c2ccccc2)cc1. The molecule has 1 heterocycles. The molecule has 1 saturated heterocycles. The van der Waals surface area contributed by atoms with Gasteiger partial charge in [-0.2, -0.15) is 0 Å². The number of unbranched alkanes of at least 4 members (excludes halogenated alkanes) is 1. The van der Waals surface area contributed by atoms with Crippen LogP contribution in [-0.2, 0) is 34.2 Å². The Morgan fingerprint density at radius 2 is 1.33 bits per heavy atom. The molecule has 5 saturated carbocycles. The van der Waals surface area contributed by atoms with Crippen molar-refractivity contribution in [2.75, 3.05) is 33.4 Å². The number of likely N-dealkylation sites (tertiary alicyclic amines) is 1. The average molecular weight is 1140 g/mol. The fraction of sp³-hybridized carbons (Fsp3) is 0.694. The Balaban J connectivity index is 0.772. The van der Waals surface area contributed by atoms with E-state index in [0.29, 0.717) is 36.3 Å². The lowest BCUT2D eigenvalue weighted by atomic mass is 9.44. The second kappa shape index (κ2) is 29.0. The molecule has 0 aromatic heterocycles. The predicted molar refractivity (Wildman–Crippen MR) is 330 cm³/mol. The van der Waals surface area contributed by atoms with Crippen LogP contribution in [0.5, 0.6) is 5.75 Å². The summed E-state index contributed by atoms with van der Waals surface area (Å²) in [6.45, 7) is 15.8. The van der Waals surface area contributed by atoms with Crippen LogP contribution >= 0.6 is 0 Å². The molecule has 6 fully saturated rings. The highest BCUT2D eigenvalue weighted by Gasteiger charge is 2.61. The van der Waals surface area contributed by atoms with Gasteiger partial charge in [0.05, 0.1) is 26.7 Å². The van der Waals surface area contributed by atoms with Gasteiger partial charge in [-0.3, -0.25) is 14.4 Å². The monoisotopic (exact) mass is 1140 g/mol. The van der Waals surface area contributed by atoms with Gasteiger partial charge in [0.15, 0.2) is 0 Å². The molecule has 1 aliphatic heterocycles. The van der Waals surface area contributed by atoms with Crippen LogP contribution in [0.4, 0.5) is 4.79 Å². The molecule has 6 aliphatic rings. The molecule has 2 N–H and O–H groups in total. The fourth-order valence-electron chi connectivity index (χ4n) is 17.6. The summed E-state index contributed by atoms with van der Waals surface area (Å²) in [5, 5.41) is 6.26. The summed E-state index contributed by atoms with van der Waals surface area (Å²) in [6, 6.07) is 28.4. The number of rotatable bonds is 24. The number of esters is 1. The van der Waals surface area contributed by atoms with E-state index in [9.17, 15) is 19.2 Å². The van der Waals surface area contributed by atoms with E-state index in [1.165, 1.54) is 77.0 Å². The van der Waals surface area contributed by atoms with Gasteiger partial charge < -0.3 is 34.5 Å². The maximum absolute atomic E-state index is 14.4. The van der Waals surface area contributed by atoms with E-state index in [2.05, 4.69) is 69.5 Å². The number of hydrogen-bond acceptors (Lipinski definition) is 8. The first-order valence-corrected chi connectivity index (χ1v) is 33.2. The first-order valence-electron chi connectivity index (χ1n) is 33.2. The van der Waals surface area contributed by atoms with Crippen molar-refractivity contribution >= 4 is 23.9 Å². The van der Waals surface area contributed by atoms with Crippen molar-refractivity contribution < 1.29 is 38.1 Å². The van der Waals surface area contributed by atoms with Crippen molar-refractivity contribution in [3.63, 3.8) is 0 Å². The third kappa shape index (κ3) is 15.0. The molecule has 9 rings (SSSR count). The summed E-state index contributed by atoms with van der Waals surface area (Å²) in [5.74, 6) is 5.15. The van der Waals surface area contributed by atoms with Crippen LogP contribution in [-0.4, -0.2) is 80.4 Å². The largest absolute Gasteiger partial charge is 0.497 e. The smallest absolute Gasteiger partial charge is 0.407 e. The molecule has 12 atom stereocenters. The molecule has 3 amide bonds. The molecule has 456 valence electrons. The minimum absolute atomic E-state index is 0.00200. The van der Waals surface area contributed by atoms with E-state index in [-0.39, 0.29) is 67.9 Å². The van der Waals surface area contributed by atoms with E-state index in [0.717, 1.165) is 116 Å². The summed E-state index contributed by atoms with van der Waals surface area (Å²) in [4.78, 5) is 56.5. The molecule has 11 nitrogen and oxygen atoms in total. The maximum Gasteiger partial charge on any atom is 0.407 e. The molecule has 0 radical (unpaired) electrons. The van der Waals surface area contributed by atoms with E-state index in [1.54, 1.807) is 7.11 Å². The minimum atomic E-state index is -1.05. The molecule has 3 aromatic carbocycles. The number of methoxy groups -OCH3 is 1. The molecule has 0 spiro atoms. The highest BCUT2D eigenvalue weighted by molar-refractivity contribution is 5.82. The first-order chi connectivity index (χ1) is 40.1. The highest BCUT2D eigenvalue weighted by atomic mass is 16.6. The van der Waals surface area contributed by atoms with Crippen molar-refractivity contribution in [3.05, 3.63) is 102 Å². The third-order valence-electron chi connectivity index (χ3n) is 22.2. The van der Waals surface area contributed by atoms with Gasteiger partial charge in [0.25, 0.3) is 0 Å². The normalized spacial score (nSPS) is 29.0. The average Bonchev–Trinajstić information content (AvgIpc) is 2.88. The van der Waals surface area contributed by atoms with E-state index in [4.69, 9.17) is 18.9 Å². The molecule has 5 aliphatic carbocycles. The van der Waals surface area contributed by atoms with Crippen LogP contribution in [0.15, 0.2) is 84.9 Å². The van der Waals surface area contributed by atoms with Gasteiger partial charge in [-0.25, -0.2) is 4.79 Å². The lowest BCUT2D eigenvalue weighted by Crippen LogP contribution is -2.54. The van der Waals surface area contributed by atoms with Crippen LogP contribution in [0.3, 0.4) is 0 Å². The molecule has 10 unspecified atom stereocenters. The lowest BCUT2D eigenvalue weighted by molar-refractivity contribution is -0.153. The van der Waals surface area contributed by atoms with E-state index >= 15 is 0 Å². The Bertz CT molecular complexity index is 2490. The van der Waals surface area contributed by atoms with Crippen molar-refractivity contribution in [2.24, 2.45) is 64.1 Å². The predicted octanol–water partition coefficient (Wildman–Crippen LogP) is 15.4. The molecule has 3 aromatic rings. The number of nitrogens with one attached hydrogen (secondary N) is 2. The van der Waals surface area contributed by atoms with Crippen LogP contribution in [0, 0.1) is 64.1 Å². The van der Waals surface area contributed by atoms with E-state index < -0.39 is 17.7 Å². The number of hydrogen-bond donors (Lipinski definition) is 2. The zero-order valence-corrected chi connectivity index (χ0v) is 52.0. The Labute approximate surface area is 499 Å². The molecule has 11 heteroatoms. The molecule has 83 heavy (non-hydrogen) atoms. The number of benzene rings is 3. The van der Waals surface area contributed by atoms with Crippen molar-refractivity contribution in [2.45, 2.75) is 219 Å². The van der Waals surface area contributed by atoms with Crippen molar-refractivity contribution in [1.82, 2.24) is 15.5 Å². The molecular formula is C72H105N3O8. The first kappa shape index (κ1) is 62.6.